The van der Waals surface area contributed by atoms with E-state index in [1.54, 1.807) is 13.2 Å². The van der Waals surface area contributed by atoms with Gasteiger partial charge in [-0.25, -0.2) is 0 Å². The monoisotopic (exact) mass is 386 g/mol. The Labute approximate surface area is 167 Å². The number of hydrogen-bond donors (Lipinski definition) is 0. The highest BCUT2D eigenvalue weighted by Gasteiger charge is 2.39. The number of nitriles is 1. The van der Waals surface area contributed by atoms with Crippen molar-refractivity contribution in [2.75, 3.05) is 26.9 Å². The van der Waals surface area contributed by atoms with Gasteiger partial charge in [0.15, 0.2) is 0 Å². The summed E-state index contributed by atoms with van der Waals surface area (Å²) in [4.78, 5) is 15.1. The van der Waals surface area contributed by atoms with Gasteiger partial charge in [-0.1, -0.05) is 6.07 Å². The molecule has 2 atom stereocenters. The summed E-state index contributed by atoms with van der Waals surface area (Å²) in [5.41, 5.74) is 1.49. The minimum absolute atomic E-state index is 0.0837. The van der Waals surface area contributed by atoms with E-state index in [-0.39, 0.29) is 24.1 Å². The number of nitrogens with zero attached hydrogens (tertiary/aromatic N) is 2. The lowest BCUT2D eigenvalue weighted by Crippen LogP contribution is -2.44. The van der Waals surface area contributed by atoms with E-state index < -0.39 is 0 Å². The van der Waals surface area contributed by atoms with Crippen molar-refractivity contribution in [1.29, 1.82) is 5.26 Å². The number of carbonyl (C=O) groups is 1. The number of rotatable bonds is 9. The van der Waals surface area contributed by atoms with E-state index in [0.29, 0.717) is 31.1 Å². The minimum Gasteiger partial charge on any atom is -0.492 e. The van der Waals surface area contributed by atoms with Crippen LogP contribution in [0, 0.1) is 11.3 Å². The van der Waals surface area contributed by atoms with Crippen LogP contribution in [0.5, 0.6) is 5.75 Å². The first-order chi connectivity index (χ1) is 13.7. The van der Waals surface area contributed by atoms with E-state index >= 15 is 0 Å². The van der Waals surface area contributed by atoms with E-state index in [0.717, 1.165) is 44.1 Å². The fourth-order valence-electron chi connectivity index (χ4n) is 3.70. The highest BCUT2D eigenvalue weighted by molar-refractivity contribution is 5.82. The predicted molar refractivity (Wildman–Crippen MR) is 105 cm³/mol. The van der Waals surface area contributed by atoms with Crippen LogP contribution < -0.4 is 4.74 Å². The molecule has 0 unspecified atom stereocenters. The summed E-state index contributed by atoms with van der Waals surface area (Å²) in [7, 11) is 1.66. The predicted octanol–water partition coefficient (Wildman–Crippen LogP) is 3.59. The molecule has 1 aromatic rings. The minimum atomic E-state index is -0.319. The van der Waals surface area contributed by atoms with Crippen molar-refractivity contribution in [1.82, 2.24) is 4.90 Å². The zero-order valence-corrected chi connectivity index (χ0v) is 16.9. The van der Waals surface area contributed by atoms with E-state index in [2.05, 4.69) is 13.0 Å². The third kappa shape index (κ3) is 5.03. The molecule has 0 radical (unpaired) electrons. The topological polar surface area (TPSA) is 71.8 Å². The molecule has 1 aliphatic heterocycles. The molecule has 1 amide bonds. The van der Waals surface area contributed by atoms with Gasteiger partial charge < -0.3 is 19.1 Å². The standard InChI is InChI=1S/C22H30N2O4/c1-16(24(19-9-10-19)22(25)20-6-3-4-12-27-20)17-7-8-18(15-23)21(14-17)28-13-5-11-26-2/h7-8,14,16,19-20H,3-6,9-13H2,1-2H3/t16-,20-/m1/s1. The molecule has 28 heavy (non-hydrogen) atoms. The van der Waals surface area contributed by atoms with E-state index in [1.165, 1.54) is 0 Å². The van der Waals surface area contributed by atoms with Gasteiger partial charge in [-0.3, -0.25) is 4.79 Å². The fourth-order valence-corrected chi connectivity index (χ4v) is 3.70. The molecular formula is C22H30N2O4. The Morgan fingerprint density at radius 3 is 2.79 bits per heavy atom. The first-order valence-electron chi connectivity index (χ1n) is 10.2. The number of methoxy groups -OCH3 is 1. The Kier molecular flexibility index (Phi) is 7.30. The molecule has 152 valence electrons. The highest BCUT2D eigenvalue weighted by atomic mass is 16.5. The Hall–Kier alpha value is -2.10. The third-order valence-corrected chi connectivity index (χ3v) is 5.43. The number of hydrogen-bond acceptors (Lipinski definition) is 5. The van der Waals surface area contributed by atoms with Crippen molar-refractivity contribution in [3.05, 3.63) is 29.3 Å². The van der Waals surface area contributed by atoms with Crippen molar-refractivity contribution in [2.45, 2.75) is 63.6 Å². The van der Waals surface area contributed by atoms with E-state index in [1.807, 2.05) is 17.0 Å². The second-order valence-corrected chi connectivity index (χ2v) is 7.57. The van der Waals surface area contributed by atoms with Crippen LogP contribution in [0.15, 0.2) is 18.2 Å². The average molecular weight is 386 g/mol. The largest absolute Gasteiger partial charge is 0.492 e. The summed E-state index contributed by atoms with van der Waals surface area (Å²) in [6.07, 6.45) is 5.39. The molecule has 6 nitrogen and oxygen atoms in total. The lowest BCUT2D eigenvalue weighted by Gasteiger charge is -2.34. The second-order valence-electron chi connectivity index (χ2n) is 7.57. The fraction of sp³-hybridized carbons (Fsp3) is 0.636. The van der Waals surface area contributed by atoms with Crippen molar-refractivity contribution in [3.8, 4) is 11.8 Å². The van der Waals surface area contributed by atoms with Gasteiger partial charge in [0.05, 0.1) is 18.2 Å². The molecule has 1 aromatic carbocycles. The van der Waals surface area contributed by atoms with Crippen LogP contribution in [0.3, 0.4) is 0 Å². The number of amides is 1. The molecule has 3 rings (SSSR count). The maximum Gasteiger partial charge on any atom is 0.252 e. The van der Waals surface area contributed by atoms with Crippen LogP contribution >= 0.6 is 0 Å². The molecule has 6 heteroatoms. The van der Waals surface area contributed by atoms with Gasteiger partial charge in [0.25, 0.3) is 5.91 Å². The van der Waals surface area contributed by atoms with Gasteiger partial charge in [-0.15, -0.1) is 0 Å². The van der Waals surface area contributed by atoms with E-state index in [9.17, 15) is 10.1 Å². The van der Waals surface area contributed by atoms with Gasteiger partial charge in [0.1, 0.15) is 17.9 Å². The van der Waals surface area contributed by atoms with Crippen LogP contribution in [0.4, 0.5) is 0 Å². The molecule has 2 aliphatic rings. The van der Waals surface area contributed by atoms with Gasteiger partial charge >= 0.3 is 0 Å². The van der Waals surface area contributed by atoms with Crippen molar-refractivity contribution >= 4 is 5.91 Å². The molecule has 1 saturated carbocycles. The lowest BCUT2D eigenvalue weighted by molar-refractivity contribution is -0.149. The second kappa shape index (κ2) is 9.90. The molecular weight excluding hydrogens is 356 g/mol. The third-order valence-electron chi connectivity index (χ3n) is 5.43. The normalized spacial score (nSPS) is 20.2. The first kappa shape index (κ1) is 20.6. The summed E-state index contributed by atoms with van der Waals surface area (Å²) in [5.74, 6) is 0.668. The molecule has 0 aromatic heterocycles. The molecule has 0 spiro atoms. The molecule has 0 N–H and O–H groups in total. The number of benzene rings is 1. The Balaban J connectivity index is 1.75. The van der Waals surface area contributed by atoms with Gasteiger partial charge in [0.2, 0.25) is 0 Å². The summed E-state index contributed by atoms with van der Waals surface area (Å²) in [5, 5.41) is 9.38. The maximum absolute atomic E-state index is 13.1. The number of ether oxygens (including phenoxy) is 3. The molecule has 1 heterocycles. The first-order valence-corrected chi connectivity index (χ1v) is 10.2. The average Bonchev–Trinajstić information content (AvgIpc) is 3.56. The zero-order valence-electron chi connectivity index (χ0n) is 16.9. The van der Waals surface area contributed by atoms with E-state index in [4.69, 9.17) is 14.2 Å². The van der Waals surface area contributed by atoms with Crippen molar-refractivity contribution in [2.24, 2.45) is 0 Å². The van der Waals surface area contributed by atoms with Crippen LogP contribution in [0.1, 0.15) is 62.6 Å². The van der Waals surface area contributed by atoms with Gasteiger partial charge in [-0.05, 0) is 56.7 Å². The quantitative estimate of drug-likeness (QED) is 0.607. The SMILES string of the molecule is COCCCOc1cc([C@@H](C)N(C(=O)[C@H]2CCCCO2)C2CC2)ccc1C#N. The van der Waals surface area contributed by atoms with Crippen LogP contribution in [-0.4, -0.2) is 49.9 Å². The lowest BCUT2D eigenvalue weighted by atomic mass is 10.0. The Morgan fingerprint density at radius 1 is 1.32 bits per heavy atom. The maximum atomic E-state index is 13.1. The molecule has 0 bridgehead atoms. The van der Waals surface area contributed by atoms with Crippen molar-refractivity contribution in [3.63, 3.8) is 0 Å². The van der Waals surface area contributed by atoms with Crippen LogP contribution in [-0.2, 0) is 14.3 Å². The smallest absolute Gasteiger partial charge is 0.252 e. The van der Waals surface area contributed by atoms with Gasteiger partial charge in [0, 0.05) is 32.8 Å². The Bertz CT molecular complexity index is 705. The Morgan fingerprint density at radius 2 is 2.14 bits per heavy atom. The molecule has 2 fully saturated rings. The summed E-state index contributed by atoms with van der Waals surface area (Å²) in [6, 6.07) is 8.00. The zero-order chi connectivity index (χ0) is 19.9. The molecule has 1 aliphatic carbocycles. The van der Waals surface area contributed by atoms with Gasteiger partial charge in [-0.2, -0.15) is 5.26 Å². The highest BCUT2D eigenvalue weighted by Crippen LogP contribution is 2.37. The molecule has 1 saturated heterocycles. The van der Waals surface area contributed by atoms with Crippen LogP contribution in [0.25, 0.3) is 0 Å². The summed E-state index contributed by atoms with van der Waals surface area (Å²) < 4.78 is 16.6. The summed E-state index contributed by atoms with van der Waals surface area (Å²) >= 11 is 0. The number of carbonyl (C=O) groups excluding carboxylic acids is 1. The van der Waals surface area contributed by atoms with Crippen molar-refractivity contribution < 1.29 is 19.0 Å². The van der Waals surface area contributed by atoms with Crippen LogP contribution in [0.2, 0.25) is 0 Å². The summed E-state index contributed by atoms with van der Waals surface area (Å²) in [6.45, 7) is 3.82.